The van der Waals surface area contributed by atoms with E-state index in [1.807, 2.05) is 35.2 Å². The van der Waals surface area contributed by atoms with Gasteiger partial charge < -0.3 is 33.9 Å². The van der Waals surface area contributed by atoms with Crippen molar-refractivity contribution in [2.45, 2.75) is 69.0 Å². The molecule has 4 aliphatic heterocycles. The number of nitrogens with zero attached hydrogens (tertiary/aromatic N) is 4. The number of amides is 1. The van der Waals surface area contributed by atoms with Crippen molar-refractivity contribution in [2.75, 3.05) is 19.8 Å². The Morgan fingerprint density at radius 2 is 2.15 bits per heavy atom. The molecule has 3 unspecified atom stereocenters. The third-order valence-electron chi connectivity index (χ3n) is 6.59. The van der Waals surface area contributed by atoms with Crippen LogP contribution in [0.3, 0.4) is 0 Å². The molecule has 3 fully saturated rings. The van der Waals surface area contributed by atoms with Crippen molar-refractivity contribution in [1.29, 1.82) is 0 Å². The van der Waals surface area contributed by atoms with Crippen LogP contribution in [0.15, 0.2) is 47.7 Å². The maximum atomic E-state index is 11.8. The quantitative estimate of drug-likeness (QED) is 0.333. The largest absolute Gasteiger partial charge is 0.368 e. The summed E-state index contributed by atoms with van der Waals surface area (Å²) in [5.74, 6) is -0.227. The smallest absolute Gasteiger partial charge is 0.248 e. The van der Waals surface area contributed by atoms with E-state index in [0.29, 0.717) is 19.6 Å². The Kier molecular flexibility index (Phi) is 7.00. The molecule has 0 spiro atoms. The summed E-state index contributed by atoms with van der Waals surface area (Å²) in [4.78, 5) is 16.6. The predicted molar refractivity (Wildman–Crippen MR) is 119 cm³/mol. The fraction of sp³-hybridized carbons (Fsp3) is 0.609. The Morgan fingerprint density at radius 1 is 1.26 bits per heavy atom. The number of carbonyl (C=O) groups is 1. The first-order valence-electron chi connectivity index (χ1n) is 11.7. The molecule has 0 saturated carbocycles. The number of ether oxygens (including phenoxy) is 5. The molecular weight excluding hydrogens is 442 g/mol. The van der Waals surface area contributed by atoms with Crippen molar-refractivity contribution in [2.24, 2.45) is 5.11 Å². The Balaban J connectivity index is 1.40. The van der Waals surface area contributed by atoms with Gasteiger partial charge in [0.2, 0.25) is 12.3 Å². The number of fused-ring (bicyclic) bond motifs is 3. The highest BCUT2D eigenvalue weighted by Gasteiger charge is 2.63. The molecule has 4 heterocycles. The standard InChI is InChI=1S/C23H29N5O6/c24-27-25-11-10-23(15-32-18-8-4-5-13-30-18)20(31-14-16-6-2-1-3-7-16)19-21(34-23)28-12-9-17(29)26-22(28)33-19/h1-3,6-7,9,12,18-22H,4-5,8,10-11,13-15H2,(H,26,29)/t18?,19?,20-,21-,22?,23-/m1/s1. The number of hydrogen-bond acceptors (Lipinski definition) is 8. The van der Waals surface area contributed by atoms with E-state index in [2.05, 4.69) is 15.3 Å². The first-order valence-corrected chi connectivity index (χ1v) is 11.7. The number of rotatable bonds is 9. The predicted octanol–water partition coefficient (Wildman–Crippen LogP) is 2.54. The molecule has 4 aliphatic rings. The van der Waals surface area contributed by atoms with E-state index in [0.717, 1.165) is 24.8 Å². The SMILES string of the molecule is [N-]=[N+]=NCC[C@]1(COC2CCCCO2)O[C@@H]2C(OC3NC(=O)C=CN32)[C@H]1OCc1ccccc1. The van der Waals surface area contributed by atoms with E-state index >= 15 is 0 Å². The second kappa shape index (κ2) is 10.3. The second-order valence-electron chi connectivity index (χ2n) is 8.83. The van der Waals surface area contributed by atoms with Crippen LogP contribution in [-0.2, 0) is 35.1 Å². The molecule has 1 aromatic carbocycles. The minimum absolute atomic E-state index is 0.197. The van der Waals surface area contributed by atoms with Crippen LogP contribution in [0, 0.1) is 0 Å². The van der Waals surface area contributed by atoms with Gasteiger partial charge in [-0.25, -0.2) is 0 Å². The molecule has 34 heavy (non-hydrogen) atoms. The molecule has 182 valence electrons. The van der Waals surface area contributed by atoms with Crippen molar-refractivity contribution in [3.05, 3.63) is 58.6 Å². The molecule has 0 bridgehead atoms. The minimum Gasteiger partial charge on any atom is -0.368 e. The van der Waals surface area contributed by atoms with Crippen molar-refractivity contribution < 1.29 is 28.5 Å². The van der Waals surface area contributed by atoms with Crippen LogP contribution < -0.4 is 5.32 Å². The maximum Gasteiger partial charge on any atom is 0.248 e. The van der Waals surface area contributed by atoms with E-state index in [-0.39, 0.29) is 25.3 Å². The highest BCUT2D eigenvalue weighted by atomic mass is 16.7. The topological polar surface area (TPSA) is 127 Å². The van der Waals surface area contributed by atoms with Gasteiger partial charge in [0.25, 0.3) is 0 Å². The van der Waals surface area contributed by atoms with E-state index in [1.165, 1.54) is 6.08 Å². The van der Waals surface area contributed by atoms with Crippen LogP contribution in [0.4, 0.5) is 0 Å². The maximum absolute atomic E-state index is 11.8. The zero-order valence-electron chi connectivity index (χ0n) is 18.8. The fourth-order valence-electron chi connectivity index (χ4n) is 4.90. The lowest BCUT2D eigenvalue weighted by Crippen LogP contribution is -2.53. The summed E-state index contributed by atoms with van der Waals surface area (Å²) in [6.07, 6.45) is 3.92. The van der Waals surface area contributed by atoms with Gasteiger partial charge in [-0.05, 0) is 36.8 Å². The molecule has 0 aliphatic carbocycles. The van der Waals surface area contributed by atoms with Gasteiger partial charge in [-0.15, -0.1) is 0 Å². The summed E-state index contributed by atoms with van der Waals surface area (Å²) >= 11 is 0. The lowest BCUT2D eigenvalue weighted by Gasteiger charge is -2.38. The Hall–Kier alpha value is -2.66. The molecule has 3 saturated heterocycles. The van der Waals surface area contributed by atoms with Gasteiger partial charge in [0, 0.05) is 30.3 Å². The Labute approximate surface area is 197 Å². The van der Waals surface area contributed by atoms with Gasteiger partial charge in [0.1, 0.15) is 17.8 Å². The van der Waals surface area contributed by atoms with Gasteiger partial charge in [-0.1, -0.05) is 35.4 Å². The number of nitrogens with one attached hydrogen (secondary N) is 1. The van der Waals surface area contributed by atoms with Crippen LogP contribution in [0.1, 0.15) is 31.2 Å². The van der Waals surface area contributed by atoms with E-state index in [4.69, 9.17) is 29.2 Å². The Morgan fingerprint density at radius 3 is 2.94 bits per heavy atom. The van der Waals surface area contributed by atoms with Crippen LogP contribution >= 0.6 is 0 Å². The molecule has 0 radical (unpaired) electrons. The summed E-state index contributed by atoms with van der Waals surface area (Å²) in [5.41, 5.74) is 8.95. The van der Waals surface area contributed by atoms with Crippen molar-refractivity contribution in [3.63, 3.8) is 0 Å². The average molecular weight is 472 g/mol. The van der Waals surface area contributed by atoms with Crippen molar-refractivity contribution in [1.82, 2.24) is 10.2 Å². The molecule has 1 amide bonds. The zero-order chi connectivity index (χ0) is 23.4. The van der Waals surface area contributed by atoms with Gasteiger partial charge in [0.05, 0.1) is 13.2 Å². The van der Waals surface area contributed by atoms with Crippen LogP contribution in [0.2, 0.25) is 0 Å². The summed E-state index contributed by atoms with van der Waals surface area (Å²) < 4.78 is 31.2. The number of hydrogen-bond donors (Lipinski definition) is 1. The van der Waals surface area contributed by atoms with Gasteiger partial charge in [-0.3, -0.25) is 4.79 Å². The van der Waals surface area contributed by atoms with Crippen molar-refractivity contribution >= 4 is 5.91 Å². The molecule has 1 aromatic rings. The monoisotopic (exact) mass is 471 g/mol. The third-order valence-corrected chi connectivity index (χ3v) is 6.59. The van der Waals surface area contributed by atoms with Crippen LogP contribution in [0.5, 0.6) is 0 Å². The van der Waals surface area contributed by atoms with E-state index in [9.17, 15) is 4.79 Å². The van der Waals surface area contributed by atoms with Crippen LogP contribution in [0.25, 0.3) is 10.4 Å². The van der Waals surface area contributed by atoms with Gasteiger partial charge in [0.15, 0.2) is 12.5 Å². The molecule has 1 N–H and O–H groups in total. The van der Waals surface area contributed by atoms with E-state index in [1.54, 1.807) is 6.20 Å². The first-order chi connectivity index (χ1) is 16.7. The second-order valence-corrected chi connectivity index (χ2v) is 8.83. The number of benzene rings is 1. The normalized spacial score (nSPS) is 34.3. The van der Waals surface area contributed by atoms with Gasteiger partial charge in [-0.2, -0.15) is 0 Å². The number of azide groups is 1. The highest BCUT2D eigenvalue weighted by Crippen LogP contribution is 2.45. The molecule has 6 atom stereocenters. The average Bonchev–Trinajstić information content (AvgIpc) is 3.35. The summed E-state index contributed by atoms with van der Waals surface area (Å²) in [6.45, 7) is 1.42. The Bertz CT molecular complexity index is 935. The van der Waals surface area contributed by atoms with E-state index < -0.39 is 30.4 Å². The fourth-order valence-corrected chi connectivity index (χ4v) is 4.90. The van der Waals surface area contributed by atoms with Crippen molar-refractivity contribution in [3.8, 4) is 0 Å². The molecule has 0 aromatic heterocycles. The molecule has 11 nitrogen and oxygen atoms in total. The summed E-state index contributed by atoms with van der Waals surface area (Å²) in [5, 5.41) is 6.54. The lowest BCUT2D eigenvalue weighted by atomic mass is 9.92. The number of carbonyl (C=O) groups excluding carboxylic acids is 1. The zero-order valence-corrected chi connectivity index (χ0v) is 18.8. The molecular formula is C23H29N5O6. The molecule has 11 heteroatoms. The van der Waals surface area contributed by atoms with Crippen LogP contribution in [-0.4, -0.2) is 67.2 Å². The van der Waals surface area contributed by atoms with Gasteiger partial charge >= 0.3 is 0 Å². The summed E-state index contributed by atoms with van der Waals surface area (Å²) in [7, 11) is 0. The molecule has 5 rings (SSSR count). The highest BCUT2D eigenvalue weighted by molar-refractivity contribution is 5.88. The third kappa shape index (κ3) is 4.76. The first kappa shape index (κ1) is 23.1. The minimum atomic E-state index is -0.931. The summed E-state index contributed by atoms with van der Waals surface area (Å²) in [6, 6.07) is 9.84. The lowest BCUT2D eigenvalue weighted by molar-refractivity contribution is -0.229.